The van der Waals surface area contributed by atoms with Gasteiger partial charge in [0, 0.05) is 32.7 Å². The molecular formula is C13H18ClN5O. The molecule has 108 valence electrons. The van der Waals surface area contributed by atoms with Crippen LogP contribution in [0.15, 0.2) is 12.4 Å². The molecule has 3 rings (SSSR count). The predicted octanol–water partition coefficient (Wildman–Crippen LogP) is 0.531. The van der Waals surface area contributed by atoms with E-state index in [1.807, 2.05) is 9.80 Å². The molecule has 1 N–H and O–H groups in total. The zero-order valence-corrected chi connectivity index (χ0v) is 12.0. The number of nitrogens with zero attached hydrogens (tertiary/aromatic N) is 4. The SMILES string of the molecule is O=C(C1CCCN1c1ncc(Cl)cn1)N1CCNCC1. The maximum atomic E-state index is 12.6. The fourth-order valence-corrected chi connectivity index (χ4v) is 2.91. The van der Waals surface area contributed by atoms with Crippen LogP contribution in [0.4, 0.5) is 5.95 Å². The normalized spacial score (nSPS) is 23.1. The maximum absolute atomic E-state index is 12.6. The van der Waals surface area contributed by atoms with E-state index >= 15 is 0 Å². The van der Waals surface area contributed by atoms with Crippen molar-refractivity contribution < 1.29 is 4.79 Å². The first-order chi connectivity index (χ1) is 9.75. The Bertz CT molecular complexity index is 474. The second-order valence-electron chi connectivity index (χ2n) is 5.13. The summed E-state index contributed by atoms with van der Waals surface area (Å²) in [6.07, 6.45) is 5.02. The molecule has 3 heterocycles. The van der Waals surface area contributed by atoms with Crippen LogP contribution in [0.3, 0.4) is 0 Å². The molecule has 2 aliphatic heterocycles. The number of halogens is 1. The number of nitrogens with one attached hydrogen (secondary N) is 1. The van der Waals surface area contributed by atoms with E-state index in [2.05, 4.69) is 15.3 Å². The number of rotatable bonds is 2. The second kappa shape index (κ2) is 5.93. The average molecular weight is 296 g/mol. The van der Waals surface area contributed by atoms with Crippen molar-refractivity contribution in [2.24, 2.45) is 0 Å². The molecule has 20 heavy (non-hydrogen) atoms. The number of hydrogen-bond acceptors (Lipinski definition) is 5. The van der Waals surface area contributed by atoms with E-state index in [4.69, 9.17) is 11.6 Å². The van der Waals surface area contributed by atoms with Gasteiger partial charge in [0.05, 0.1) is 17.4 Å². The van der Waals surface area contributed by atoms with E-state index < -0.39 is 0 Å². The smallest absolute Gasteiger partial charge is 0.245 e. The number of anilines is 1. The van der Waals surface area contributed by atoms with Gasteiger partial charge in [-0.05, 0) is 12.8 Å². The highest BCUT2D eigenvalue weighted by atomic mass is 35.5. The zero-order chi connectivity index (χ0) is 13.9. The van der Waals surface area contributed by atoms with Crippen molar-refractivity contribution in [1.29, 1.82) is 0 Å². The molecule has 1 atom stereocenters. The lowest BCUT2D eigenvalue weighted by Gasteiger charge is -2.32. The monoisotopic (exact) mass is 295 g/mol. The Morgan fingerprint density at radius 1 is 1.25 bits per heavy atom. The lowest BCUT2D eigenvalue weighted by Crippen LogP contribution is -2.52. The summed E-state index contributed by atoms with van der Waals surface area (Å²) in [5.41, 5.74) is 0. The molecule has 2 saturated heterocycles. The van der Waals surface area contributed by atoms with Crippen molar-refractivity contribution in [3.8, 4) is 0 Å². The van der Waals surface area contributed by atoms with Gasteiger partial charge in [-0.15, -0.1) is 0 Å². The molecule has 1 aromatic rings. The van der Waals surface area contributed by atoms with Gasteiger partial charge in [0.1, 0.15) is 6.04 Å². The lowest BCUT2D eigenvalue weighted by molar-refractivity contribution is -0.133. The molecule has 0 aliphatic carbocycles. The number of carbonyl (C=O) groups excluding carboxylic acids is 1. The zero-order valence-electron chi connectivity index (χ0n) is 11.3. The highest BCUT2D eigenvalue weighted by Crippen LogP contribution is 2.24. The lowest BCUT2D eigenvalue weighted by atomic mass is 10.2. The van der Waals surface area contributed by atoms with Crippen molar-refractivity contribution in [1.82, 2.24) is 20.2 Å². The summed E-state index contributed by atoms with van der Waals surface area (Å²) in [5.74, 6) is 0.794. The van der Waals surface area contributed by atoms with Crippen LogP contribution in [0.1, 0.15) is 12.8 Å². The van der Waals surface area contributed by atoms with Crippen LogP contribution in [-0.4, -0.2) is 59.5 Å². The van der Waals surface area contributed by atoms with Crippen molar-refractivity contribution in [3.05, 3.63) is 17.4 Å². The second-order valence-corrected chi connectivity index (χ2v) is 5.56. The van der Waals surface area contributed by atoms with E-state index in [0.29, 0.717) is 11.0 Å². The van der Waals surface area contributed by atoms with Crippen molar-refractivity contribution in [3.63, 3.8) is 0 Å². The molecule has 1 amide bonds. The van der Waals surface area contributed by atoms with Gasteiger partial charge >= 0.3 is 0 Å². The van der Waals surface area contributed by atoms with E-state index in [-0.39, 0.29) is 11.9 Å². The maximum Gasteiger partial charge on any atom is 0.245 e. The number of piperazine rings is 1. The summed E-state index contributed by atoms with van der Waals surface area (Å²) >= 11 is 5.81. The third-order valence-corrected chi connectivity index (χ3v) is 4.03. The van der Waals surface area contributed by atoms with Gasteiger partial charge in [0.2, 0.25) is 11.9 Å². The van der Waals surface area contributed by atoms with E-state index in [0.717, 1.165) is 45.6 Å². The molecule has 0 spiro atoms. The Morgan fingerprint density at radius 3 is 2.65 bits per heavy atom. The molecule has 6 nitrogen and oxygen atoms in total. The molecular weight excluding hydrogens is 278 g/mol. The summed E-state index contributed by atoms with van der Waals surface area (Å²) < 4.78 is 0. The standard InChI is InChI=1S/C13H18ClN5O/c14-10-8-16-13(17-9-10)19-5-1-2-11(19)12(20)18-6-3-15-4-7-18/h8-9,11,15H,1-7H2. The van der Waals surface area contributed by atoms with Gasteiger partial charge in [-0.2, -0.15) is 0 Å². The van der Waals surface area contributed by atoms with Gasteiger partial charge in [0.15, 0.2) is 0 Å². The summed E-state index contributed by atoms with van der Waals surface area (Å²) in [6.45, 7) is 4.13. The van der Waals surface area contributed by atoms with Crippen molar-refractivity contribution in [2.75, 3.05) is 37.6 Å². The Labute approximate surface area is 123 Å². The van der Waals surface area contributed by atoms with E-state index in [1.165, 1.54) is 0 Å². The van der Waals surface area contributed by atoms with E-state index in [9.17, 15) is 4.79 Å². The minimum atomic E-state index is -0.130. The molecule has 0 saturated carbocycles. The fourth-order valence-electron chi connectivity index (χ4n) is 2.81. The summed E-state index contributed by atoms with van der Waals surface area (Å²) in [7, 11) is 0. The topological polar surface area (TPSA) is 61.4 Å². The van der Waals surface area contributed by atoms with Crippen LogP contribution in [-0.2, 0) is 4.79 Å². The quantitative estimate of drug-likeness (QED) is 0.862. The number of carbonyl (C=O) groups is 1. The molecule has 0 aromatic carbocycles. The molecule has 1 aromatic heterocycles. The van der Waals surface area contributed by atoms with Crippen LogP contribution >= 0.6 is 11.6 Å². The molecule has 2 fully saturated rings. The van der Waals surface area contributed by atoms with Crippen LogP contribution in [0.2, 0.25) is 5.02 Å². The summed E-state index contributed by atoms with van der Waals surface area (Å²) in [6, 6.07) is -0.130. The summed E-state index contributed by atoms with van der Waals surface area (Å²) in [4.78, 5) is 25.0. The predicted molar refractivity (Wildman–Crippen MR) is 76.9 cm³/mol. The first kappa shape index (κ1) is 13.6. The number of aromatic nitrogens is 2. The highest BCUT2D eigenvalue weighted by molar-refractivity contribution is 6.30. The van der Waals surface area contributed by atoms with Gasteiger partial charge in [-0.25, -0.2) is 9.97 Å². The van der Waals surface area contributed by atoms with Gasteiger partial charge < -0.3 is 15.1 Å². The van der Waals surface area contributed by atoms with Gasteiger partial charge in [0.25, 0.3) is 0 Å². The Morgan fingerprint density at radius 2 is 1.95 bits per heavy atom. The third-order valence-electron chi connectivity index (χ3n) is 3.83. The van der Waals surface area contributed by atoms with Crippen molar-refractivity contribution in [2.45, 2.75) is 18.9 Å². The molecule has 0 bridgehead atoms. The minimum absolute atomic E-state index is 0.130. The fraction of sp³-hybridized carbons (Fsp3) is 0.615. The van der Waals surface area contributed by atoms with Crippen LogP contribution in [0.5, 0.6) is 0 Å². The molecule has 0 radical (unpaired) electrons. The molecule has 7 heteroatoms. The van der Waals surface area contributed by atoms with E-state index in [1.54, 1.807) is 12.4 Å². The molecule has 2 aliphatic rings. The minimum Gasteiger partial charge on any atom is -0.338 e. The Kier molecular flexibility index (Phi) is 4.03. The van der Waals surface area contributed by atoms with Crippen LogP contribution in [0.25, 0.3) is 0 Å². The van der Waals surface area contributed by atoms with Crippen LogP contribution in [0, 0.1) is 0 Å². The first-order valence-electron chi connectivity index (χ1n) is 6.99. The largest absolute Gasteiger partial charge is 0.338 e. The van der Waals surface area contributed by atoms with Crippen molar-refractivity contribution >= 4 is 23.5 Å². The first-order valence-corrected chi connectivity index (χ1v) is 7.37. The third kappa shape index (κ3) is 2.71. The van der Waals surface area contributed by atoms with Gasteiger partial charge in [-0.3, -0.25) is 4.79 Å². The summed E-state index contributed by atoms with van der Waals surface area (Å²) in [5, 5.41) is 3.77. The number of amides is 1. The van der Waals surface area contributed by atoms with Gasteiger partial charge in [-0.1, -0.05) is 11.6 Å². The highest BCUT2D eigenvalue weighted by Gasteiger charge is 2.35. The van der Waals surface area contributed by atoms with Crippen LogP contribution < -0.4 is 10.2 Å². The Balaban J connectivity index is 1.74. The Hall–Kier alpha value is -1.40. The number of hydrogen-bond donors (Lipinski definition) is 1. The molecule has 1 unspecified atom stereocenters. The average Bonchev–Trinajstić information content (AvgIpc) is 2.97.